The Kier molecular flexibility index (Phi) is 2.42. The van der Waals surface area contributed by atoms with Crippen molar-refractivity contribution < 1.29 is 4.79 Å². The molecule has 3 saturated carbocycles. The molecular weight excluding hydrogens is 210 g/mol. The maximum Gasteiger partial charge on any atom is 0.223 e. The van der Waals surface area contributed by atoms with Gasteiger partial charge in [0.2, 0.25) is 5.91 Å². The molecule has 3 fully saturated rings. The standard InChI is InChI=1S/C12H18ClNO/c13-10(7-4-5-7)6-14-12(15)11-8-2-1-3-9(8)11/h7-11H,1-6H2,(H,14,15). The molecule has 0 aromatic heterocycles. The summed E-state index contributed by atoms with van der Waals surface area (Å²) < 4.78 is 0. The molecule has 0 radical (unpaired) electrons. The number of alkyl halides is 1. The fraction of sp³-hybridized carbons (Fsp3) is 0.917. The fourth-order valence-corrected chi connectivity index (χ4v) is 3.48. The third-order valence-corrected chi connectivity index (χ3v) is 4.82. The lowest BCUT2D eigenvalue weighted by molar-refractivity contribution is -0.123. The molecule has 3 aliphatic rings. The second-order valence-electron chi connectivity index (χ2n) is 5.38. The largest absolute Gasteiger partial charge is 0.354 e. The molecule has 3 aliphatic carbocycles. The van der Waals surface area contributed by atoms with Crippen LogP contribution in [0.1, 0.15) is 32.1 Å². The summed E-state index contributed by atoms with van der Waals surface area (Å²) in [5, 5.41) is 3.20. The van der Waals surface area contributed by atoms with Crippen molar-refractivity contribution in [2.24, 2.45) is 23.7 Å². The molecule has 3 atom stereocenters. The van der Waals surface area contributed by atoms with Gasteiger partial charge in [0.25, 0.3) is 0 Å². The van der Waals surface area contributed by atoms with Crippen LogP contribution >= 0.6 is 11.6 Å². The average Bonchev–Trinajstić information content (AvgIpc) is 3.14. The molecule has 0 aliphatic heterocycles. The SMILES string of the molecule is O=C(NCC(Cl)C1CC1)C1C2CCCC21. The number of halogens is 1. The first-order chi connectivity index (χ1) is 7.27. The molecule has 0 bridgehead atoms. The van der Waals surface area contributed by atoms with E-state index < -0.39 is 0 Å². The smallest absolute Gasteiger partial charge is 0.223 e. The number of rotatable bonds is 4. The highest BCUT2D eigenvalue weighted by Crippen LogP contribution is 2.57. The number of fused-ring (bicyclic) bond motifs is 1. The van der Waals surface area contributed by atoms with Crippen LogP contribution in [0.2, 0.25) is 0 Å². The van der Waals surface area contributed by atoms with E-state index in [4.69, 9.17) is 11.6 Å². The number of carbonyl (C=O) groups is 1. The maximum absolute atomic E-state index is 11.8. The molecule has 15 heavy (non-hydrogen) atoms. The van der Waals surface area contributed by atoms with Gasteiger partial charge >= 0.3 is 0 Å². The number of amides is 1. The molecule has 3 rings (SSSR count). The zero-order chi connectivity index (χ0) is 10.4. The molecule has 0 aromatic rings. The third-order valence-electron chi connectivity index (χ3n) is 4.31. The minimum atomic E-state index is 0.174. The van der Waals surface area contributed by atoms with Crippen LogP contribution < -0.4 is 5.32 Å². The van der Waals surface area contributed by atoms with Crippen LogP contribution in [0.3, 0.4) is 0 Å². The molecular formula is C12H18ClNO. The van der Waals surface area contributed by atoms with Gasteiger partial charge < -0.3 is 5.32 Å². The van der Waals surface area contributed by atoms with Crippen molar-refractivity contribution >= 4 is 17.5 Å². The molecule has 0 heterocycles. The minimum absolute atomic E-state index is 0.174. The van der Waals surface area contributed by atoms with E-state index >= 15 is 0 Å². The van der Waals surface area contributed by atoms with Gasteiger partial charge in [-0.05, 0) is 43.4 Å². The number of nitrogens with one attached hydrogen (secondary N) is 1. The number of hydrogen-bond acceptors (Lipinski definition) is 1. The monoisotopic (exact) mass is 227 g/mol. The van der Waals surface area contributed by atoms with Crippen LogP contribution in [0.4, 0.5) is 0 Å². The van der Waals surface area contributed by atoms with Crippen LogP contribution in [0.15, 0.2) is 0 Å². The second-order valence-corrected chi connectivity index (χ2v) is 5.94. The summed E-state index contributed by atoms with van der Waals surface area (Å²) in [5.74, 6) is 2.74. The molecule has 1 N–H and O–H groups in total. The van der Waals surface area contributed by atoms with Crippen LogP contribution in [0.25, 0.3) is 0 Å². The zero-order valence-corrected chi connectivity index (χ0v) is 9.67. The Morgan fingerprint density at radius 3 is 2.53 bits per heavy atom. The first-order valence-electron chi connectivity index (χ1n) is 6.19. The molecule has 2 nitrogen and oxygen atoms in total. The van der Waals surface area contributed by atoms with Crippen molar-refractivity contribution in [3.8, 4) is 0 Å². The Morgan fingerprint density at radius 1 is 1.27 bits per heavy atom. The van der Waals surface area contributed by atoms with Gasteiger partial charge in [-0.1, -0.05) is 6.42 Å². The Hall–Kier alpha value is -0.240. The van der Waals surface area contributed by atoms with Crippen LogP contribution in [-0.2, 0) is 4.79 Å². The highest BCUT2D eigenvalue weighted by atomic mass is 35.5. The first kappa shape index (κ1) is 9.95. The van der Waals surface area contributed by atoms with Gasteiger partial charge in [-0.15, -0.1) is 11.6 Å². The number of carbonyl (C=O) groups excluding carboxylic acids is 1. The Balaban J connectivity index is 1.42. The van der Waals surface area contributed by atoms with Gasteiger partial charge in [-0.25, -0.2) is 0 Å². The predicted octanol–water partition coefficient (Wildman–Crippen LogP) is 2.17. The Bertz CT molecular complexity index is 267. The van der Waals surface area contributed by atoms with E-state index in [9.17, 15) is 4.79 Å². The molecule has 3 heteroatoms. The van der Waals surface area contributed by atoms with E-state index in [1.54, 1.807) is 0 Å². The average molecular weight is 228 g/mol. The van der Waals surface area contributed by atoms with Gasteiger partial charge in [0.15, 0.2) is 0 Å². The topological polar surface area (TPSA) is 29.1 Å². The van der Waals surface area contributed by atoms with Crippen molar-refractivity contribution in [2.45, 2.75) is 37.5 Å². The zero-order valence-electron chi connectivity index (χ0n) is 8.92. The maximum atomic E-state index is 11.8. The summed E-state index contributed by atoms with van der Waals surface area (Å²) >= 11 is 6.15. The van der Waals surface area contributed by atoms with E-state index in [-0.39, 0.29) is 11.3 Å². The summed E-state index contributed by atoms with van der Waals surface area (Å²) in [5.41, 5.74) is 0. The van der Waals surface area contributed by atoms with Crippen molar-refractivity contribution in [1.29, 1.82) is 0 Å². The van der Waals surface area contributed by atoms with Crippen molar-refractivity contribution in [1.82, 2.24) is 5.32 Å². The van der Waals surface area contributed by atoms with Crippen LogP contribution in [0.5, 0.6) is 0 Å². The van der Waals surface area contributed by atoms with E-state index in [1.807, 2.05) is 0 Å². The lowest BCUT2D eigenvalue weighted by Crippen LogP contribution is -2.32. The number of hydrogen-bond donors (Lipinski definition) is 1. The van der Waals surface area contributed by atoms with Gasteiger partial charge in [-0.3, -0.25) is 4.79 Å². The van der Waals surface area contributed by atoms with E-state index in [1.165, 1.54) is 32.1 Å². The fourth-order valence-electron chi connectivity index (χ4n) is 3.15. The van der Waals surface area contributed by atoms with Crippen LogP contribution in [0, 0.1) is 23.7 Å². The van der Waals surface area contributed by atoms with Gasteiger partial charge in [-0.2, -0.15) is 0 Å². The second kappa shape index (κ2) is 3.65. The summed E-state index contributed by atoms with van der Waals surface area (Å²) in [6.45, 7) is 0.682. The van der Waals surface area contributed by atoms with Crippen molar-refractivity contribution in [3.63, 3.8) is 0 Å². The summed E-state index contributed by atoms with van der Waals surface area (Å²) in [6, 6.07) is 0. The Morgan fingerprint density at radius 2 is 1.93 bits per heavy atom. The first-order valence-corrected chi connectivity index (χ1v) is 6.63. The molecule has 84 valence electrons. The van der Waals surface area contributed by atoms with Crippen molar-refractivity contribution in [3.05, 3.63) is 0 Å². The highest BCUT2D eigenvalue weighted by Gasteiger charge is 2.56. The normalized spacial score (nSPS) is 39.7. The third kappa shape index (κ3) is 1.89. The lowest BCUT2D eigenvalue weighted by Gasteiger charge is -2.10. The van der Waals surface area contributed by atoms with E-state index in [0.29, 0.717) is 18.4 Å². The van der Waals surface area contributed by atoms with Gasteiger partial charge in [0.05, 0.1) is 5.38 Å². The van der Waals surface area contributed by atoms with E-state index in [2.05, 4.69) is 5.32 Å². The Labute approximate surface area is 95.8 Å². The summed E-state index contributed by atoms with van der Waals surface area (Å²) in [4.78, 5) is 11.8. The summed E-state index contributed by atoms with van der Waals surface area (Å²) in [6.07, 6.45) is 6.38. The van der Waals surface area contributed by atoms with Crippen LogP contribution in [-0.4, -0.2) is 17.8 Å². The van der Waals surface area contributed by atoms with Gasteiger partial charge in [0.1, 0.15) is 0 Å². The molecule has 0 aromatic carbocycles. The molecule has 0 spiro atoms. The highest BCUT2D eigenvalue weighted by molar-refractivity contribution is 6.21. The lowest BCUT2D eigenvalue weighted by atomic mass is 10.1. The summed E-state index contributed by atoms with van der Waals surface area (Å²) in [7, 11) is 0. The van der Waals surface area contributed by atoms with E-state index in [0.717, 1.165) is 11.8 Å². The minimum Gasteiger partial charge on any atom is -0.354 e. The quantitative estimate of drug-likeness (QED) is 0.733. The predicted molar refractivity (Wildman–Crippen MR) is 59.7 cm³/mol. The molecule has 0 saturated heterocycles. The molecule has 3 unspecified atom stereocenters. The van der Waals surface area contributed by atoms with Crippen molar-refractivity contribution in [2.75, 3.05) is 6.54 Å². The molecule has 1 amide bonds. The van der Waals surface area contributed by atoms with Gasteiger partial charge in [0, 0.05) is 12.5 Å².